The van der Waals surface area contributed by atoms with Crippen molar-refractivity contribution in [2.75, 3.05) is 11.9 Å². The molecule has 0 bridgehead atoms. The molecule has 1 heterocycles. The molecule has 3 nitrogen and oxygen atoms in total. The van der Waals surface area contributed by atoms with Crippen molar-refractivity contribution in [2.45, 2.75) is 38.6 Å². The normalized spacial score (nSPS) is 16.6. The predicted octanol–water partition coefficient (Wildman–Crippen LogP) is 2.83. The van der Waals surface area contributed by atoms with Crippen molar-refractivity contribution < 1.29 is 4.74 Å². The summed E-state index contributed by atoms with van der Waals surface area (Å²) in [7, 11) is 0. The molecular formula is C12H18N2O. The van der Waals surface area contributed by atoms with Gasteiger partial charge in [-0.3, -0.25) is 0 Å². The molecule has 0 spiro atoms. The van der Waals surface area contributed by atoms with E-state index in [9.17, 15) is 0 Å². The molecule has 0 aliphatic heterocycles. The molecule has 1 aliphatic rings. The Kier molecular flexibility index (Phi) is 3.43. The van der Waals surface area contributed by atoms with E-state index in [0.29, 0.717) is 18.5 Å². The summed E-state index contributed by atoms with van der Waals surface area (Å²) in [5.41, 5.74) is 1.10. The van der Waals surface area contributed by atoms with Gasteiger partial charge in [0.15, 0.2) is 0 Å². The highest BCUT2D eigenvalue weighted by atomic mass is 16.5. The smallest absolute Gasteiger partial charge is 0.213 e. The van der Waals surface area contributed by atoms with Gasteiger partial charge in [0.1, 0.15) is 0 Å². The molecule has 0 saturated heterocycles. The Morgan fingerprint density at radius 1 is 1.40 bits per heavy atom. The van der Waals surface area contributed by atoms with Gasteiger partial charge < -0.3 is 10.1 Å². The van der Waals surface area contributed by atoms with Gasteiger partial charge in [0.05, 0.1) is 18.5 Å². The molecule has 1 aliphatic carbocycles. The molecule has 1 aromatic rings. The van der Waals surface area contributed by atoms with Crippen LogP contribution in [-0.4, -0.2) is 17.6 Å². The molecule has 1 N–H and O–H groups in total. The van der Waals surface area contributed by atoms with Gasteiger partial charge in [-0.25, -0.2) is 4.98 Å². The average Bonchev–Trinajstić information content (AvgIpc) is 2.74. The number of aromatic nitrogens is 1. The van der Waals surface area contributed by atoms with Crippen molar-refractivity contribution in [3.05, 3.63) is 18.3 Å². The first-order chi connectivity index (χ1) is 7.38. The fourth-order valence-corrected chi connectivity index (χ4v) is 2.00. The second-order valence-electron chi connectivity index (χ2n) is 3.94. The summed E-state index contributed by atoms with van der Waals surface area (Å²) in [6, 6.07) is 4.60. The van der Waals surface area contributed by atoms with E-state index in [1.54, 1.807) is 0 Å². The molecule has 0 aromatic carbocycles. The third-order valence-corrected chi connectivity index (χ3v) is 2.75. The summed E-state index contributed by atoms with van der Waals surface area (Å²) in [5, 5.41) is 3.49. The maximum absolute atomic E-state index is 5.29. The summed E-state index contributed by atoms with van der Waals surface area (Å²) in [6.45, 7) is 2.63. The Balaban J connectivity index is 1.91. The van der Waals surface area contributed by atoms with E-state index in [0.717, 1.165) is 5.69 Å². The van der Waals surface area contributed by atoms with Gasteiger partial charge in [-0.1, -0.05) is 12.8 Å². The number of nitrogens with one attached hydrogen (secondary N) is 1. The molecule has 2 rings (SSSR count). The summed E-state index contributed by atoms with van der Waals surface area (Å²) in [4.78, 5) is 4.23. The number of ether oxygens (including phenoxy) is 1. The maximum Gasteiger partial charge on any atom is 0.213 e. The molecule has 1 saturated carbocycles. The van der Waals surface area contributed by atoms with Gasteiger partial charge in [0.25, 0.3) is 0 Å². The minimum Gasteiger partial charge on any atom is -0.478 e. The fraction of sp³-hybridized carbons (Fsp3) is 0.583. The van der Waals surface area contributed by atoms with Gasteiger partial charge in [-0.2, -0.15) is 0 Å². The van der Waals surface area contributed by atoms with Crippen LogP contribution in [0.1, 0.15) is 32.6 Å². The van der Waals surface area contributed by atoms with E-state index in [-0.39, 0.29) is 0 Å². The molecular weight excluding hydrogens is 188 g/mol. The average molecular weight is 206 g/mol. The number of hydrogen-bond donors (Lipinski definition) is 1. The van der Waals surface area contributed by atoms with Crippen LogP contribution in [0, 0.1) is 0 Å². The zero-order chi connectivity index (χ0) is 10.5. The van der Waals surface area contributed by atoms with Crippen molar-refractivity contribution in [3.63, 3.8) is 0 Å². The Hall–Kier alpha value is -1.25. The van der Waals surface area contributed by atoms with Crippen LogP contribution in [0.3, 0.4) is 0 Å². The highest BCUT2D eigenvalue weighted by molar-refractivity contribution is 5.43. The van der Waals surface area contributed by atoms with Crippen LogP contribution < -0.4 is 10.1 Å². The second-order valence-corrected chi connectivity index (χ2v) is 3.94. The zero-order valence-electron chi connectivity index (χ0n) is 9.20. The maximum atomic E-state index is 5.29. The van der Waals surface area contributed by atoms with Gasteiger partial charge >= 0.3 is 0 Å². The van der Waals surface area contributed by atoms with E-state index < -0.39 is 0 Å². The number of pyridine rings is 1. The minimum atomic E-state index is 0.643. The van der Waals surface area contributed by atoms with Crippen LogP contribution in [0.2, 0.25) is 0 Å². The first-order valence-electron chi connectivity index (χ1n) is 5.74. The number of nitrogens with zero attached hydrogens (tertiary/aromatic N) is 1. The van der Waals surface area contributed by atoms with Crippen LogP contribution in [0.5, 0.6) is 5.88 Å². The molecule has 82 valence electrons. The monoisotopic (exact) mass is 206 g/mol. The lowest BCUT2D eigenvalue weighted by molar-refractivity contribution is 0.327. The van der Waals surface area contributed by atoms with Crippen LogP contribution in [0.25, 0.3) is 0 Å². The standard InChI is InChI=1S/C12H18N2O/c1-2-15-12-8-7-11(9-13-12)14-10-5-3-4-6-10/h7-10,14H,2-6H2,1H3. The van der Waals surface area contributed by atoms with Crippen LogP contribution in [0.4, 0.5) is 5.69 Å². The molecule has 0 atom stereocenters. The van der Waals surface area contributed by atoms with Gasteiger partial charge in [0, 0.05) is 12.1 Å². The minimum absolute atomic E-state index is 0.643. The van der Waals surface area contributed by atoms with Gasteiger partial charge in [-0.05, 0) is 25.8 Å². The lowest BCUT2D eigenvalue weighted by atomic mass is 10.2. The van der Waals surface area contributed by atoms with E-state index in [4.69, 9.17) is 4.74 Å². The Bertz CT molecular complexity index is 291. The predicted molar refractivity (Wildman–Crippen MR) is 61.3 cm³/mol. The SMILES string of the molecule is CCOc1ccc(NC2CCCC2)cn1. The molecule has 0 unspecified atom stereocenters. The lowest BCUT2D eigenvalue weighted by Crippen LogP contribution is -2.14. The van der Waals surface area contributed by atoms with Crippen molar-refractivity contribution in [1.82, 2.24) is 4.98 Å². The lowest BCUT2D eigenvalue weighted by Gasteiger charge is -2.13. The number of rotatable bonds is 4. The quantitative estimate of drug-likeness (QED) is 0.822. The largest absolute Gasteiger partial charge is 0.478 e. The van der Waals surface area contributed by atoms with E-state index in [2.05, 4.69) is 10.3 Å². The fourth-order valence-electron chi connectivity index (χ4n) is 2.00. The highest BCUT2D eigenvalue weighted by Crippen LogP contribution is 2.22. The second kappa shape index (κ2) is 5.01. The first kappa shape index (κ1) is 10.3. The molecule has 0 radical (unpaired) electrons. The summed E-state index contributed by atoms with van der Waals surface area (Å²) >= 11 is 0. The van der Waals surface area contributed by atoms with E-state index >= 15 is 0 Å². The first-order valence-corrected chi connectivity index (χ1v) is 5.74. The number of hydrogen-bond acceptors (Lipinski definition) is 3. The van der Waals surface area contributed by atoms with Crippen LogP contribution in [-0.2, 0) is 0 Å². The van der Waals surface area contributed by atoms with Gasteiger partial charge in [0.2, 0.25) is 5.88 Å². The topological polar surface area (TPSA) is 34.1 Å². The van der Waals surface area contributed by atoms with Crippen LogP contribution in [0.15, 0.2) is 18.3 Å². The van der Waals surface area contributed by atoms with E-state index in [1.807, 2.05) is 25.3 Å². The van der Waals surface area contributed by atoms with Crippen molar-refractivity contribution >= 4 is 5.69 Å². The van der Waals surface area contributed by atoms with Gasteiger partial charge in [-0.15, -0.1) is 0 Å². The summed E-state index contributed by atoms with van der Waals surface area (Å²) < 4.78 is 5.29. The third-order valence-electron chi connectivity index (χ3n) is 2.75. The highest BCUT2D eigenvalue weighted by Gasteiger charge is 2.14. The van der Waals surface area contributed by atoms with E-state index in [1.165, 1.54) is 25.7 Å². The Labute approximate surface area is 90.9 Å². The summed E-state index contributed by atoms with van der Waals surface area (Å²) in [6.07, 6.45) is 7.12. The zero-order valence-corrected chi connectivity index (χ0v) is 9.20. The van der Waals surface area contributed by atoms with Crippen molar-refractivity contribution in [3.8, 4) is 5.88 Å². The number of anilines is 1. The Morgan fingerprint density at radius 2 is 2.20 bits per heavy atom. The van der Waals surface area contributed by atoms with Crippen molar-refractivity contribution in [1.29, 1.82) is 0 Å². The molecule has 1 fully saturated rings. The molecule has 15 heavy (non-hydrogen) atoms. The molecule has 1 aromatic heterocycles. The Morgan fingerprint density at radius 3 is 2.80 bits per heavy atom. The van der Waals surface area contributed by atoms with Crippen LogP contribution >= 0.6 is 0 Å². The molecule has 3 heteroatoms. The van der Waals surface area contributed by atoms with Crippen molar-refractivity contribution in [2.24, 2.45) is 0 Å². The third kappa shape index (κ3) is 2.85. The molecule has 0 amide bonds. The summed E-state index contributed by atoms with van der Waals surface area (Å²) in [5.74, 6) is 0.703.